The number of aromatic hydroxyl groups is 3. The molecular formula is C15H9ClO5. The average molecular weight is 305 g/mol. The quantitative estimate of drug-likeness (QED) is 0.642. The Morgan fingerprint density at radius 3 is 2.43 bits per heavy atom. The zero-order valence-corrected chi connectivity index (χ0v) is 11.3. The van der Waals surface area contributed by atoms with Gasteiger partial charge in [-0.25, -0.2) is 0 Å². The molecule has 0 spiro atoms. The molecule has 0 saturated carbocycles. The van der Waals surface area contributed by atoms with Gasteiger partial charge >= 0.3 is 0 Å². The molecule has 0 atom stereocenters. The largest absolute Gasteiger partial charge is 0.508 e. The molecule has 1 aromatic heterocycles. The molecule has 106 valence electrons. The predicted octanol–water partition coefficient (Wildman–Crippen LogP) is 3.23. The molecule has 0 amide bonds. The van der Waals surface area contributed by atoms with Crippen LogP contribution in [0.2, 0.25) is 5.02 Å². The second-order valence-corrected chi connectivity index (χ2v) is 4.89. The topological polar surface area (TPSA) is 90.9 Å². The lowest BCUT2D eigenvalue weighted by Crippen LogP contribution is -2.00. The lowest BCUT2D eigenvalue weighted by Gasteiger charge is -2.06. The van der Waals surface area contributed by atoms with Crippen molar-refractivity contribution >= 4 is 22.6 Å². The smallest absolute Gasteiger partial charge is 0.197 e. The number of hydrogen-bond acceptors (Lipinski definition) is 5. The molecule has 0 aliphatic rings. The van der Waals surface area contributed by atoms with Gasteiger partial charge in [-0.15, -0.1) is 0 Å². The summed E-state index contributed by atoms with van der Waals surface area (Å²) in [4.78, 5) is 12.1. The molecule has 2 aromatic carbocycles. The lowest BCUT2D eigenvalue weighted by molar-refractivity contribution is 0.452. The Balaban J connectivity index is 2.29. The van der Waals surface area contributed by atoms with E-state index in [1.807, 2.05) is 0 Å². The fourth-order valence-electron chi connectivity index (χ4n) is 2.06. The van der Waals surface area contributed by atoms with Gasteiger partial charge in [0.15, 0.2) is 5.43 Å². The van der Waals surface area contributed by atoms with Crippen molar-refractivity contribution in [2.75, 3.05) is 0 Å². The average Bonchev–Trinajstić information content (AvgIpc) is 2.40. The highest BCUT2D eigenvalue weighted by Crippen LogP contribution is 2.32. The second kappa shape index (κ2) is 4.71. The van der Waals surface area contributed by atoms with Crippen LogP contribution in [0, 0.1) is 0 Å². The maximum atomic E-state index is 12.1. The molecule has 0 radical (unpaired) electrons. The van der Waals surface area contributed by atoms with Gasteiger partial charge in [-0.3, -0.25) is 4.79 Å². The summed E-state index contributed by atoms with van der Waals surface area (Å²) in [6.07, 6.45) is 0. The predicted molar refractivity (Wildman–Crippen MR) is 77.9 cm³/mol. The highest BCUT2D eigenvalue weighted by Gasteiger charge is 2.12. The van der Waals surface area contributed by atoms with Gasteiger partial charge < -0.3 is 19.7 Å². The summed E-state index contributed by atoms with van der Waals surface area (Å²) < 4.78 is 5.52. The van der Waals surface area contributed by atoms with E-state index in [4.69, 9.17) is 16.0 Å². The molecule has 0 bridgehead atoms. The highest BCUT2D eigenvalue weighted by molar-refractivity contribution is 6.32. The first kappa shape index (κ1) is 13.3. The van der Waals surface area contributed by atoms with Crippen molar-refractivity contribution in [3.8, 4) is 28.6 Å². The van der Waals surface area contributed by atoms with E-state index in [2.05, 4.69) is 0 Å². The molecular weight excluding hydrogens is 296 g/mol. The third-order valence-electron chi connectivity index (χ3n) is 3.03. The van der Waals surface area contributed by atoms with Crippen LogP contribution in [-0.2, 0) is 0 Å². The molecule has 1 heterocycles. The van der Waals surface area contributed by atoms with Gasteiger partial charge in [-0.05, 0) is 18.2 Å². The summed E-state index contributed by atoms with van der Waals surface area (Å²) in [5, 5.41) is 28.7. The Morgan fingerprint density at radius 2 is 1.71 bits per heavy atom. The summed E-state index contributed by atoms with van der Waals surface area (Å²) in [5.74, 6) is -0.448. The SMILES string of the molecule is O=c1cc(-c2ccc(O)c(Cl)c2)oc2cc(O)cc(O)c12. The van der Waals surface area contributed by atoms with Gasteiger partial charge in [-0.2, -0.15) is 0 Å². The van der Waals surface area contributed by atoms with Gasteiger partial charge in [-0.1, -0.05) is 11.6 Å². The van der Waals surface area contributed by atoms with E-state index in [9.17, 15) is 20.1 Å². The van der Waals surface area contributed by atoms with Crippen molar-refractivity contribution < 1.29 is 19.7 Å². The van der Waals surface area contributed by atoms with E-state index < -0.39 is 5.43 Å². The Bertz CT molecular complexity index is 914. The normalized spacial score (nSPS) is 10.9. The molecule has 0 aliphatic carbocycles. The van der Waals surface area contributed by atoms with Crippen LogP contribution in [-0.4, -0.2) is 15.3 Å². The second-order valence-electron chi connectivity index (χ2n) is 4.48. The van der Waals surface area contributed by atoms with E-state index in [1.54, 1.807) is 0 Å². The minimum absolute atomic E-state index is 0.0126. The number of phenols is 3. The van der Waals surface area contributed by atoms with E-state index in [-0.39, 0.29) is 39.0 Å². The van der Waals surface area contributed by atoms with Crippen LogP contribution in [0.25, 0.3) is 22.3 Å². The fourth-order valence-corrected chi connectivity index (χ4v) is 2.24. The zero-order chi connectivity index (χ0) is 15.1. The Hall–Kier alpha value is -2.66. The van der Waals surface area contributed by atoms with Crippen molar-refractivity contribution in [2.45, 2.75) is 0 Å². The van der Waals surface area contributed by atoms with Crippen molar-refractivity contribution in [1.82, 2.24) is 0 Å². The third-order valence-corrected chi connectivity index (χ3v) is 3.33. The molecule has 3 aromatic rings. The van der Waals surface area contributed by atoms with E-state index in [0.717, 1.165) is 6.07 Å². The minimum Gasteiger partial charge on any atom is -0.508 e. The van der Waals surface area contributed by atoms with Gasteiger partial charge in [0.25, 0.3) is 0 Å². The Labute approximate surface area is 123 Å². The summed E-state index contributed by atoms with van der Waals surface area (Å²) in [6.45, 7) is 0. The molecule has 3 rings (SSSR count). The highest BCUT2D eigenvalue weighted by atomic mass is 35.5. The fraction of sp³-hybridized carbons (Fsp3) is 0. The first-order chi connectivity index (χ1) is 9.95. The molecule has 0 saturated heterocycles. The monoisotopic (exact) mass is 304 g/mol. The van der Waals surface area contributed by atoms with Gasteiger partial charge in [0.2, 0.25) is 0 Å². The first-order valence-electron chi connectivity index (χ1n) is 5.94. The van der Waals surface area contributed by atoms with Crippen LogP contribution >= 0.6 is 11.6 Å². The van der Waals surface area contributed by atoms with Crippen LogP contribution in [0.5, 0.6) is 17.2 Å². The van der Waals surface area contributed by atoms with Crippen LogP contribution in [0.4, 0.5) is 0 Å². The van der Waals surface area contributed by atoms with E-state index >= 15 is 0 Å². The molecule has 0 aliphatic heterocycles. The summed E-state index contributed by atoms with van der Waals surface area (Å²) >= 11 is 5.82. The van der Waals surface area contributed by atoms with Crippen molar-refractivity contribution in [3.05, 3.63) is 51.6 Å². The lowest BCUT2D eigenvalue weighted by atomic mass is 10.1. The molecule has 0 unspecified atom stereocenters. The van der Waals surface area contributed by atoms with Crippen LogP contribution < -0.4 is 5.43 Å². The van der Waals surface area contributed by atoms with Crippen LogP contribution in [0.3, 0.4) is 0 Å². The number of hydrogen-bond donors (Lipinski definition) is 3. The summed E-state index contributed by atoms with van der Waals surface area (Å²) in [6, 6.07) is 7.87. The number of rotatable bonds is 1. The first-order valence-corrected chi connectivity index (χ1v) is 6.32. The third kappa shape index (κ3) is 2.28. The maximum absolute atomic E-state index is 12.1. The zero-order valence-electron chi connectivity index (χ0n) is 10.5. The van der Waals surface area contributed by atoms with Gasteiger partial charge in [0, 0.05) is 23.8 Å². The van der Waals surface area contributed by atoms with Gasteiger partial charge in [0.05, 0.1) is 5.02 Å². The van der Waals surface area contributed by atoms with E-state index in [1.165, 1.54) is 30.3 Å². The summed E-state index contributed by atoms with van der Waals surface area (Å²) in [5.41, 5.74) is 0.0896. The number of fused-ring (bicyclic) bond motifs is 1. The van der Waals surface area contributed by atoms with Crippen LogP contribution in [0.1, 0.15) is 0 Å². The number of halogens is 1. The molecule has 0 fully saturated rings. The standard InChI is InChI=1S/C15H9ClO5/c16-9-3-7(1-2-10(9)18)13-6-12(20)15-11(19)4-8(17)5-14(15)21-13/h1-6,17-19H. The number of benzene rings is 2. The Morgan fingerprint density at radius 1 is 0.952 bits per heavy atom. The Kier molecular flexibility index (Phi) is 2.99. The molecule has 5 nitrogen and oxygen atoms in total. The van der Waals surface area contributed by atoms with Gasteiger partial charge in [0.1, 0.15) is 34.0 Å². The minimum atomic E-state index is -0.451. The molecule has 21 heavy (non-hydrogen) atoms. The molecule has 6 heteroatoms. The van der Waals surface area contributed by atoms with Crippen molar-refractivity contribution in [1.29, 1.82) is 0 Å². The van der Waals surface area contributed by atoms with E-state index in [0.29, 0.717) is 5.56 Å². The summed E-state index contributed by atoms with van der Waals surface area (Å²) in [7, 11) is 0. The van der Waals surface area contributed by atoms with Crippen LogP contribution in [0.15, 0.2) is 45.6 Å². The van der Waals surface area contributed by atoms with Crippen molar-refractivity contribution in [3.63, 3.8) is 0 Å². The van der Waals surface area contributed by atoms with Crippen molar-refractivity contribution in [2.24, 2.45) is 0 Å². The molecule has 3 N–H and O–H groups in total. The maximum Gasteiger partial charge on any atom is 0.197 e. The number of phenolic OH excluding ortho intramolecular Hbond substituents is 3.